The second kappa shape index (κ2) is 38.1. The lowest BCUT2D eigenvalue weighted by molar-refractivity contribution is -0.167. The molecule has 0 aliphatic heterocycles. The Morgan fingerprint density at radius 1 is 0.373 bits per heavy atom. The van der Waals surface area contributed by atoms with E-state index in [9.17, 15) is 14.4 Å². The van der Waals surface area contributed by atoms with Crippen molar-refractivity contribution in [3.8, 4) is 0 Å². The van der Waals surface area contributed by atoms with Crippen LogP contribution >= 0.6 is 0 Å². The van der Waals surface area contributed by atoms with Crippen LogP contribution in [0.1, 0.15) is 240 Å². The molecular weight excluding hydrogens is 636 g/mol. The predicted octanol–water partition coefficient (Wildman–Crippen LogP) is 13.8. The van der Waals surface area contributed by atoms with E-state index in [0.717, 1.165) is 69.6 Å². The third-order valence-corrected chi connectivity index (χ3v) is 9.97. The van der Waals surface area contributed by atoms with Gasteiger partial charge in [0.15, 0.2) is 6.10 Å². The molecule has 6 heteroatoms. The standard InChI is InChI=1S/C45H86O6/c1-6-7-8-9-10-11-12-15-21-27-32-37-45(48)51-42(39-50-44(47)36-31-26-22-17-19-24-29-34-41(4)5)38-49-43(46)35-30-25-20-16-13-14-18-23-28-33-40(2)3/h40-42H,6-39H2,1-5H3/t42-/m1/s1. The van der Waals surface area contributed by atoms with E-state index in [4.69, 9.17) is 14.2 Å². The zero-order valence-corrected chi connectivity index (χ0v) is 34.7. The fourth-order valence-electron chi connectivity index (χ4n) is 6.58. The lowest BCUT2D eigenvalue weighted by atomic mass is 10.0. The van der Waals surface area contributed by atoms with Crippen molar-refractivity contribution in [3.63, 3.8) is 0 Å². The molecule has 0 saturated carbocycles. The zero-order chi connectivity index (χ0) is 37.6. The van der Waals surface area contributed by atoms with Crippen LogP contribution in [0.15, 0.2) is 0 Å². The average Bonchev–Trinajstić information content (AvgIpc) is 3.09. The maximum Gasteiger partial charge on any atom is 0.306 e. The first-order chi connectivity index (χ1) is 24.7. The summed E-state index contributed by atoms with van der Waals surface area (Å²) < 4.78 is 16.7. The molecule has 6 nitrogen and oxygen atoms in total. The highest BCUT2D eigenvalue weighted by Crippen LogP contribution is 2.16. The molecular formula is C45H86O6. The topological polar surface area (TPSA) is 78.9 Å². The van der Waals surface area contributed by atoms with Crippen molar-refractivity contribution in [2.24, 2.45) is 11.8 Å². The second-order valence-electron chi connectivity index (χ2n) is 16.3. The lowest BCUT2D eigenvalue weighted by Crippen LogP contribution is -2.30. The van der Waals surface area contributed by atoms with E-state index in [-0.39, 0.29) is 31.1 Å². The van der Waals surface area contributed by atoms with E-state index in [1.165, 1.54) is 128 Å². The van der Waals surface area contributed by atoms with Crippen LogP contribution in [0.3, 0.4) is 0 Å². The summed E-state index contributed by atoms with van der Waals surface area (Å²) in [5.41, 5.74) is 0. The second-order valence-corrected chi connectivity index (χ2v) is 16.3. The summed E-state index contributed by atoms with van der Waals surface area (Å²) in [5, 5.41) is 0. The lowest BCUT2D eigenvalue weighted by Gasteiger charge is -2.18. The van der Waals surface area contributed by atoms with Gasteiger partial charge in [-0.1, -0.05) is 202 Å². The quantitative estimate of drug-likeness (QED) is 0.0357. The molecule has 0 saturated heterocycles. The van der Waals surface area contributed by atoms with Gasteiger partial charge in [-0.15, -0.1) is 0 Å². The first-order valence-electron chi connectivity index (χ1n) is 22.2. The first kappa shape index (κ1) is 49.4. The molecule has 0 amide bonds. The zero-order valence-electron chi connectivity index (χ0n) is 34.7. The average molecular weight is 723 g/mol. The number of ether oxygens (including phenoxy) is 3. The number of rotatable bonds is 39. The van der Waals surface area contributed by atoms with Gasteiger partial charge in [-0.25, -0.2) is 0 Å². The van der Waals surface area contributed by atoms with E-state index in [2.05, 4.69) is 34.6 Å². The van der Waals surface area contributed by atoms with Gasteiger partial charge in [0.1, 0.15) is 13.2 Å². The monoisotopic (exact) mass is 723 g/mol. The van der Waals surface area contributed by atoms with Crippen molar-refractivity contribution in [1.29, 1.82) is 0 Å². The van der Waals surface area contributed by atoms with E-state index in [1.807, 2.05) is 0 Å². The summed E-state index contributed by atoms with van der Waals surface area (Å²) in [6.45, 7) is 11.3. The van der Waals surface area contributed by atoms with Crippen LogP contribution in [0.4, 0.5) is 0 Å². The number of carbonyl (C=O) groups is 3. The molecule has 302 valence electrons. The van der Waals surface area contributed by atoms with E-state index in [1.54, 1.807) is 0 Å². The molecule has 51 heavy (non-hydrogen) atoms. The van der Waals surface area contributed by atoms with Gasteiger partial charge in [-0.3, -0.25) is 14.4 Å². The molecule has 0 bridgehead atoms. The SMILES string of the molecule is CCCCCCCCCCCCCC(=O)O[C@H](COC(=O)CCCCCCCCCCCC(C)C)COC(=O)CCCCCCCCCC(C)C. The summed E-state index contributed by atoms with van der Waals surface area (Å²) in [6.07, 6.45) is 35.2. The third kappa shape index (κ3) is 39.5. The summed E-state index contributed by atoms with van der Waals surface area (Å²) >= 11 is 0. The summed E-state index contributed by atoms with van der Waals surface area (Å²) in [5.74, 6) is 0.727. The van der Waals surface area contributed by atoms with Crippen LogP contribution in [0.25, 0.3) is 0 Å². The molecule has 0 heterocycles. The molecule has 0 unspecified atom stereocenters. The molecule has 0 aliphatic rings. The number of hydrogen-bond donors (Lipinski definition) is 0. The minimum absolute atomic E-state index is 0.0657. The fourth-order valence-corrected chi connectivity index (χ4v) is 6.58. The molecule has 0 fully saturated rings. The summed E-state index contributed by atoms with van der Waals surface area (Å²) in [7, 11) is 0. The molecule has 0 radical (unpaired) electrons. The summed E-state index contributed by atoms with van der Waals surface area (Å²) in [4.78, 5) is 37.6. The van der Waals surface area contributed by atoms with Crippen LogP contribution in [-0.4, -0.2) is 37.2 Å². The Labute approximate surface area is 317 Å². The highest BCUT2D eigenvalue weighted by Gasteiger charge is 2.19. The molecule has 0 spiro atoms. The normalized spacial score (nSPS) is 12.1. The maximum atomic E-state index is 12.7. The molecule has 0 rings (SSSR count). The van der Waals surface area contributed by atoms with Crippen molar-refractivity contribution >= 4 is 17.9 Å². The van der Waals surface area contributed by atoms with Crippen molar-refractivity contribution in [2.45, 2.75) is 246 Å². The molecule has 0 aliphatic carbocycles. The third-order valence-electron chi connectivity index (χ3n) is 9.97. The molecule has 0 aromatic heterocycles. The molecule has 0 N–H and O–H groups in total. The molecule has 0 aromatic rings. The highest BCUT2D eigenvalue weighted by atomic mass is 16.6. The first-order valence-corrected chi connectivity index (χ1v) is 22.2. The van der Waals surface area contributed by atoms with E-state index < -0.39 is 6.10 Å². The Balaban J connectivity index is 4.34. The Bertz CT molecular complexity index is 779. The van der Waals surface area contributed by atoms with Crippen molar-refractivity contribution in [3.05, 3.63) is 0 Å². The van der Waals surface area contributed by atoms with Crippen LogP contribution in [-0.2, 0) is 28.6 Å². The smallest absolute Gasteiger partial charge is 0.306 e. The Morgan fingerprint density at radius 2 is 0.647 bits per heavy atom. The van der Waals surface area contributed by atoms with Crippen LogP contribution in [0.5, 0.6) is 0 Å². The van der Waals surface area contributed by atoms with Crippen LogP contribution in [0, 0.1) is 11.8 Å². The number of unbranched alkanes of at least 4 members (excludes halogenated alkanes) is 24. The van der Waals surface area contributed by atoms with Gasteiger partial charge < -0.3 is 14.2 Å². The fraction of sp³-hybridized carbons (Fsp3) is 0.933. The van der Waals surface area contributed by atoms with Crippen molar-refractivity contribution in [1.82, 2.24) is 0 Å². The predicted molar refractivity (Wildman–Crippen MR) is 215 cm³/mol. The van der Waals surface area contributed by atoms with Gasteiger partial charge in [0.05, 0.1) is 0 Å². The van der Waals surface area contributed by atoms with Crippen molar-refractivity contribution in [2.75, 3.05) is 13.2 Å². The van der Waals surface area contributed by atoms with E-state index in [0.29, 0.717) is 19.3 Å². The van der Waals surface area contributed by atoms with Gasteiger partial charge in [-0.05, 0) is 31.1 Å². The Hall–Kier alpha value is -1.59. The number of esters is 3. The minimum atomic E-state index is -0.760. The van der Waals surface area contributed by atoms with Gasteiger partial charge in [-0.2, -0.15) is 0 Å². The highest BCUT2D eigenvalue weighted by molar-refractivity contribution is 5.71. The van der Waals surface area contributed by atoms with Gasteiger partial charge in [0.2, 0.25) is 0 Å². The van der Waals surface area contributed by atoms with Crippen LogP contribution in [0.2, 0.25) is 0 Å². The maximum absolute atomic E-state index is 12.7. The Morgan fingerprint density at radius 3 is 0.961 bits per heavy atom. The minimum Gasteiger partial charge on any atom is -0.462 e. The largest absolute Gasteiger partial charge is 0.462 e. The molecule has 0 aromatic carbocycles. The van der Waals surface area contributed by atoms with Gasteiger partial charge >= 0.3 is 17.9 Å². The van der Waals surface area contributed by atoms with Crippen molar-refractivity contribution < 1.29 is 28.6 Å². The number of hydrogen-bond acceptors (Lipinski definition) is 6. The van der Waals surface area contributed by atoms with Gasteiger partial charge in [0.25, 0.3) is 0 Å². The molecule has 1 atom stereocenters. The van der Waals surface area contributed by atoms with Crippen LogP contribution < -0.4 is 0 Å². The van der Waals surface area contributed by atoms with E-state index >= 15 is 0 Å². The van der Waals surface area contributed by atoms with Gasteiger partial charge in [0, 0.05) is 19.3 Å². The number of carbonyl (C=O) groups excluding carboxylic acids is 3. The summed E-state index contributed by atoms with van der Waals surface area (Å²) in [6, 6.07) is 0. The Kier molecular flexibility index (Phi) is 37.0.